The van der Waals surface area contributed by atoms with Crippen LogP contribution in [0.3, 0.4) is 0 Å². The highest BCUT2D eigenvalue weighted by Gasteiger charge is 2.20. The van der Waals surface area contributed by atoms with Gasteiger partial charge in [-0.1, -0.05) is 6.92 Å². The van der Waals surface area contributed by atoms with Gasteiger partial charge in [0.05, 0.1) is 0 Å². The van der Waals surface area contributed by atoms with Gasteiger partial charge in [0.15, 0.2) is 6.10 Å². The first-order valence-electron chi connectivity index (χ1n) is 3.43. The van der Waals surface area contributed by atoms with E-state index in [1.54, 1.807) is 6.92 Å². The van der Waals surface area contributed by atoms with Gasteiger partial charge in [-0.15, -0.1) is 0 Å². The fourth-order valence-electron chi connectivity index (χ4n) is 0.398. The summed E-state index contributed by atoms with van der Waals surface area (Å²) >= 11 is 0. The third-order valence-corrected chi connectivity index (χ3v) is 1.14. The van der Waals surface area contributed by atoms with E-state index in [1.165, 1.54) is 0 Å². The van der Waals surface area contributed by atoms with Crippen molar-refractivity contribution in [2.24, 2.45) is 0 Å². The third kappa shape index (κ3) is 3.25. The van der Waals surface area contributed by atoms with E-state index in [2.05, 4.69) is 4.74 Å². The Labute approximate surface area is 69.3 Å². The molecule has 0 heterocycles. The van der Waals surface area contributed by atoms with Crippen LogP contribution >= 0.6 is 0 Å². The SMILES string of the molecule is CCC(O)C(=O)OC(=O)C(C)=O. The molecule has 5 heteroatoms. The predicted octanol–water partition coefficient (Wildman–Crippen LogP) is -0.584. The van der Waals surface area contributed by atoms with Gasteiger partial charge in [0, 0.05) is 6.92 Å². The van der Waals surface area contributed by atoms with Crippen LogP contribution in [-0.4, -0.2) is 28.9 Å². The molecule has 0 aliphatic carbocycles. The summed E-state index contributed by atoms with van der Waals surface area (Å²) in [6.07, 6.45) is -1.20. The third-order valence-electron chi connectivity index (χ3n) is 1.14. The molecule has 0 aromatic heterocycles. The Morgan fingerprint density at radius 2 is 1.92 bits per heavy atom. The van der Waals surface area contributed by atoms with Crippen LogP contribution in [0, 0.1) is 0 Å². The van der Waals surface area contributed by atoms with Gasteiger partial charge in [0.1, 0.15) is 0 Å². The molecule has 0 rings (SSSR count). The number of Topliss-reactive ketones (excluding diaryl/α,β-unsaturated/α-hetero) is 1. The van der Waals surface area contributed by atoms with Gasteiger partial charge >= 0.3 is 11.9 Å². The van der Waals surface area contributed by atoms with E-state index in [1.807, 2.05) is 0 Å². The Kier molecular flexibility index (Phi) is 4.14. The van der Waals surface area contributed by atoms with Crippen LogP contribution in [0.25, 0.3) is 0 Å². The first-order chi connectivity index (χ1) is 5.49. The molecule has 0 radical (unpaired) electrons. The molecule has 0 saturated carbocycles. The fourth-order valence-corrected chi connectivity index (χ4v) is 0.398. The molecule has 0 fully saturated rings. The van der Waals surface area contributed by atoms with Crippen molar-refractivity contribution in [3.05, 3.63) is 0 Å². The van der Waals surface area contributed by atoms with Crippen LogP contribution in [-0.2, 0) is 19.1 Å². The van der Waals surface area contributed by atoms with E-state index in [9.17, 15) is 14.4 Å². The fraction of sp³-hybridized carbons (Fsp3) is 0.571. The van der Waals surface area contributed by atoms with Crippen LogP contribution in [0.4, 0.5) is 0 Å². The first-order valence-corrected chi connectivity index (χ1v) is 3.43. The second-order valence-corrected chi connectivity index (χ2v) is 2.19. The molecule has 1 atom stereocenters. The van der Waals surface area contributed by atoms with Crippen LogP contribution in [0.15, 0.2) is 0 Å². The Balaban J connectivity index is 4.01. The van der Waals surface area contributed by atoms with Crippen molar-refractivity contribution in [2.45, 2.75) is 26.4 Å². The molecule has 0 spiro atoms. The van der Waals surface area contributed by atoms with E-state index in [0.29, 0.717) is 0 Å². The summed E-state index contributed by atoms with van der Waals surface area (Å²) in [5.41, 5.74) is 0. The van der Waals surface area contributed by atoms with Gasteiger partial charge < -0.3 is 9.84 Å². The van der Waals surface area contributed by atoms with E-state index in [0.717, 1.165) is 6.92 Å². The molecule has 0 amide bonds. The van der Waals surface area contributed by atoms with Crippen LogP contribution in [0.2, 0.25) is 0 Å². The molecule has 0 aliphatic heterocycles. The lowest BCUT2D eigenvalue weighted by Crippen LogP contribution is -2.27. The minimum Gasteiger partial charge on any atom is -0.385 e. The van der Waals surface area contributed by atoms with Crippen molar-refractivity contribution in [3.63, 3.8) is 0 Å². The summed E-state index contributed by atoms with van der Waals surface area (Å²) in [6.45, 7) is 2.53. The van der Waals surface area contributed by atoms with Crippen molar-refractivity contribution in [2.75, 3.05) is 0 Å². The summed E-state index contributed by atoms with van der Waals surface area (Å²) in [6, 6.07) is 0. The maximum atomic E-state index is 10.6. The minimum absolute atomic E-state index is 0.143. The van der Waals surface area contributed by atoms with Crippen molar-refractivity contribution < 1.29 is 24.2 Å². The molecule has 0 aromatic rings. The Bertz CT molecular complexity index is 208. The van der Waals surface area contributed by atoms with Gasteiger partial charge in [-0.05, 0) is 6.42 Å². The molecule has 0 aliphatic rings. The molecule has 0 saturated heterocycles. The molecule has 68 valence electrons. The van der Waals surface area contributed by atoms with Crippen LogP contribution in [0.1, 0.15) is 20.3 Å². The summed E-state index contributed by atoms with van der Waals surface area (Å²) < 4.78 is 3.99. The van der Waals surface area contributed by atoms with E-state index >= 15 is 0 Å². The Morgan fingerprint density at radius 3 is 2.25 bits per heavy atom. The van der Waals surface area contributed by atoms with E-state index < -0.39 is 23.8 Å². The molecule has 1 unspecified atom stereocenters. The lowest BCUT2D eigenvalue weighted by molar-refractivity contribution is -0.168. The monoisotopic (exact) mass is 174 g/mol. The van der Waals surface area contributed by atoms with Crippen molar-refractivity contribution in [1.29, 1.82) is 0 Å². The molecular weight excluding hydrogens is 164 g/mol. The number of hydrogen-bond acceptors (Lipinski definition) is 5. The van der Waals surface area contributed by atoms with Crippen molar-refractivity contribution in [3.8, 4) is 0 Å². The van der Waals surface area contributed by atoms with E-state index in [4.69, 9.17) is 5.11 Å². The first kappa shape index (κ1) is 10.8. The summed E-state index contributed by atoms with van der Waals surface area (Å²) in [4.78, 5) is 31.4. The van der Waals surface area contributed by atoms with Crippen molar-refractivity contribution in [1.82, 2.24) is 0 Å². The maximum absolute atomic E-state index is 10.6. The highest BCUT2D eigenvalue weighted by Crippen LogP contribution is 1.94. The highest BCUT2D eigenvalue weighted by molar-refractivity contribution is 6.34. The number of esters is 2. The molecule has 5 nitrogen and oxygen atoms in total. The second-order valence-electron chi connectivity index (χ2n) is 2.19. The molecule has 0 aromatic carbocycles. The van der Waals surface area contributed by atoms with Gasteiger partial charge in [-0.3, -0.25) is 4.79 Å². The maximum Gasteiger partial charge on any atom is 0.381 e. The summed E-state index contributed by atoms with van der Waals surface area (Å²) in [5, 5.41) is 8.82. The lowest BCUT2D eigenvalue weighted by Gasteiger charge is -2.04. The number of hydrogen-bond donors (Lipinski definition) is 1. The average molecular weight is 174 g/mol. The van der Waals surface area contributed by atoms with E-state index in [-0.39, 0.29) is 6.42 Å². The Morgan fingerprint density at radius 1 is 1.42 bits per heavy atom. The molecule has 12 heavy (non-hydrogen) atoms. The predicted molar refractivity (Wildman–Crippen MR) is 38.1 cm³/mol. The largest absolute Gasteiger partial charge is 0.385 e. The standard InChI is InChI=1S/C7H10O5/c1-3-5(9)7(11)12-6(10)4(2)8/h5,9H,3H2,1-2H3. The number of ether oxygens (including phenoxy) is 1. The number of rotatable bonds is 3. The molecular formula is C7H10O5. The van der Waals surface area contributed by atoms with Gasteiger partial charge in [-0.2, -0.15) is 0 Å². The number of carbonyl (C=O) groups is 3. The Hall–Kier alpha value is -1.23. The molecule has 0 bridgehead atoms. The summed E-state index contributed by atoms with van der Waals surface area (Å²) in [5.74, 6) is -3.20. The zero-order valence-corrected chi connectivity index (χ0v) is 6.86. The van der Waals surface area contributed by atoms with Crippen molar-refractivity contribution >= 4 is 17.7 Å². The zero-order valence-electron chi connectivity index (χ0n) is 6.86. The van der Waals surface area contributed by atoms with Gasteiger partial charge in [0.2, 0.25) is 5.78 Å². The van der Waals surface area contributed by atoms with Gasteiger partial charge in [-0.25, -0.2) is 9.59 Å². The normalized spacial score (nSPS) is 11.9. The number of carbonyl (C=O) groups excluding carboxylic acids is 3. The topological polar surface area (TPSA) is 80.7 Å². The van der Waals surface area contributed by atoms with Crippen LogP contribution < -0.4 is 0 Å². The average Bonchev–Trinajstić information content (AvgIpc) is 2.02. The van der Waals surface area contributed by atoms with Gasteiger partial charge in [0.25, 0.3) is 0 Å². The minimum atomic E-state index is -1.34. The number of ketones is 1. The zero-order chi connectivity index (χ0) is 9.72. The molecule has 1 N–H and O–H groups in total. The lowest BCUT2D eigenvalue weighted by atomic mass is 10.3. The highest BCUT2D eigenvalue weighted by atomic mass is 16.6. The second kappa shape index (κ2) is 4.61. The number of aliphatic hydroxyl groups excluding tert-OH is 1. The smallest absolute Gasteiger partial charge is 0.381 e. The quantitative estimate of drug-likeness (QED) is 0.351. The number of aliphatic hydroxyl groups is 1. The van der Waals surface area contributed by atoms with Crippen LogP contribution in [0.5, 0.6) is 0 Å². The summed E-state index contributed by atoms with van der Waals surface area (Å²) in [7, 11) is 0.